The Morgan fingerprint density at radius 3 is 2.54 bits per heavy atom. The van der Waals surface area contributed by atoms with Crippen molar-refractivity contribution < 1.29 is 14.3 Å². The zero-order valence-electron chi connectivity index (χ0n) is 13.1. The van der Waals surface area contributed by atoms with Gasteiger partial charge in [0, 0.05) is 5.56 Å². The van der Waals surface area contributed by atoms with Crippen LogP contribution in [-0.4, -0.2) is 16.7 Å². The monoisotopic (exact) mass is 320 g/mol. The van der Waals surface area contributed by atoms with Gasteiger partial charge >= 0.3 is 0 Å². The van der Waals surface area contributed by atoms with Gasteiger partial charge < -0.3 is 14.3 Å². The van der Waals surface area contributed by atoms with E-state index in [1.165, 1.54) is 0 Å². The smallest absolute Gasteiger partial charge is 0.226 e. The molecule has 2 aromatic carbocycles. The third-order valence-corrected chi connectivity index (χ3v) is 3.56. The van der Waals surface area contributed by atoms with Gasteiger partial charge in [0.25, 0.3) is 0 Å². The first-order chi connectivity index (χ1) is 11.7. The number of aryl methyl sites for hydroxylation is 1. The maximum absolute atomic E-state index is 10.3. The normalized spacial score (nSPS) is 11.7. The van der Waals surface area contributed by atoms with Gasteiger partial charge in [-0.1, -0.05) is 18.2 Å². The van der Waals surface area contributed by atoms with E-state index < -0.39 is 6.10 Å². The van der Waals surface area contributed by atoms with Crippen molar-refractivity contribution in [2.75, 3.05) is 6.61 Å². The molecular formula is C19H16N2O3. The Balaban J connectivity index is 1.70. The van der Waals surface area contributed by atoms with E-state index in [-0.39, 0.29) is 6.61 Å². The van der Waals surface area contributed by atoms with Crippen molar-refractivity contribution in [3.05, 3.63) is 71.6 Å². The molecule has 3 rings (SSSR count). The average molecular weight is 320 g/mol. The lowest BCUT2D eigenvalue weighted by Gasteiger charge is -2.10. The number of aliphatic hydroxyl groups excluding tert-OH is 1. The van der Waals surface area contributed by atoms with Crippen LogP contribution in [0.25, 0.3) is 11.5 Å². The Kier molecular flexibility index (Phi) is 4.59. The Morgan fingerprint density at radius 2 is 1.88 bits per heavy atom. The first-order valence-electron chi connectivity index (χ1n) is 7.51. The standard InChI is InChI=1S/C19H16N2O3/c1-13-18(21-19(24-13)15-5-3-2-4-6-15)17(22)12-23-16-9-7-14(11-20)8-10-16/h2-10,17,22H,12H2,1H3. The molecule has 0 spiro atoms. The van der Waals surface area contributed by atoms with Gasteiger partial charge in [-0.05, 0) is 43.3 Å². The number of nitrogens with zero attached hydrogens (tertiary/aromatic N) is 2. The summed E-state index contributed by atoms with van der Waals surface area (Å²) < 4.78 is 11.2. The summed E-state index contributed by atoms with van der Waals surface area (Å²) in [7, 11) is 0. The molecule has 5 heteroatoms. The molecule has 1 aromatic heterocycles. The molecule has 5 nitrogen and oxygen atoms in total. The molecule has 24 heavy (non-hydrogen) atoms. The van der Waals surface area contributed by atoms with E-state index in [1.807, 2.05) is 36.4 Å². The van der Waals surface area contributed by atoms with Crippen molar-refractivity contribution in [1.29, 1.82) is 5.26 Å². The average Bonchev–Trinajstić information content (AvgIpc) is 3.03. The van der Waals surface area contributed by atoms with Crippen molar-refractivity contribution in [1.82, 2.24) is 4.98 Å². The number of ether oxygens (including phenoxy) is 1. The van der Waals surface area contributed by atoms with Crippen molar-refractivity contribution in [3.63, 3.8) is 0 Å². The third-order valence-electron chi connectivity index (χ3n) is 3.56. The van der Waals surface area contributed by atoms with Gasteiger partial charge in [0.15, 0.2) is 0 Å². The highest BCUT2D eigenvalue weighted by Gasteiger charge is 2.19. The second kappa shape index (κ2) is 6.99. The van der Waals surface area contributed by atoms with Crippen molar-refractivity contribution in [2.45, 2.75) is 13.0 Å². The molecule has 3 aromatic rings. The van der Waals surface area contributed by atoms with Gasteiger partial charge in [-0.2, -0.15) is 5.26 Å². The number of oxazole rings is 1. The van der Waals surface area contributed by atoms with E-state index in [1.54, 1.807) is 31.2 Å². The summed E-state index contributed by atoms with van der Waals surface area (Å²) in [6.07, 6.45) is -0.901. The minimum Gasteiger partial charge on any atom is -0.490 e. The van der Waals surface area contributed by atoms with Gasteiger partial charge in [-0.15, -0.1) is 0 Å². The molecule has 0 bridgehead atoms. The molecule has 1 unspecified atom stereocenters. The van der Waals surface area contributed by atoms with Crippen LogP contribution in [0.2, 0.25) is 0 Å². The quantitative estimate of drug-likeness (QED) is 0.776. The SMILES string of the molecule is Cc1oc(-c2ccccc2)nc1C(O)COc1ccc(C#N)cc1. The van der Waals surface area contributed by atoms with Crippen LogP contribution in [0.1, 0.15) is 23.1 Å². The van der Waals surface area contributed by atoms with Gasteiger partial charge in [-0.25, -0.2) is 4.98 Å². The van der Waals surface area contributed by atoms with Crippen LogP contribution in [0.15, 0.2) is 59.0 Å². The van der Waals surface area contributed by atoms with Gasteiger partial charge in [-0.3, -0.25) is 0 Å². The lowest BCUT2D eigenvalue weighted by molar-refractivity contribution is 0.104. The van der Waals surface area contributed by atoms with Crippen LogP contribution in [0.5, 0.6) is 5.75 Å². The van der Waals surface area contributed by atoms with Crippen LogP contribution >= 0.6 is 0 Å². The van der Waals surface area contributed by atoms with Crippen molar-refractivity contribution in [3.8, 4) is 23.3 Å². The molecule has 0 aliphatic rings. The summed E-state index contributed by atoms with van der Waals surface area (Å²) >= 11 is 0. The molecule has 1 N–H and O–H groups in total. The summed E-state index contributed by atoms with van der Waals surface area (Å²) in [5.41, 5.74) is 1.87. The number of nitriles is 1. The van der Waals surface area contributed by atoms with E-state index in [2.05, 4.69) is 4.98 Å². The van der Waals surface area contributed by atoms with Crippen LogP contribution in [0.3, 0.4) is 0 Å². The van der Waals surface area contributed by atoms with Crippen molar-refractivity contribution in [2.24, 2.45) is 0 Å². The lowest BCUT2D eigenvalue weighted by atomic mass is 10.2. The van der Waals surface area contributed by atoms with Gasteiger partial charge in [0.05, 0.1) is 11.6 Å². The topological polar surface area (TPSA) is 79.3 Å². The lowest BCUT2D eigenvalue weighted by Crippen LogP contribution is -2.11. The summed E-state index contributed by atoms with van der Waals surface area (Å²) in [4.78, 5) is 4.38. The second-order valence-corrected chi connectivity index (χ2v) is 5.29. The predicted octanol–water partition coefficient (Wildman–Crippen LogP) is 3.63. The largest absolute Gasteiger partial charge is 0.490 e. The number of aliphatic hydroxyl groups is 1. The number of rotatable bonds is 5. The first kappa shape index (κ1) is 15.8. The highest BCUT2D eigenvalue weighted by Crippen LogP contribution is 2.25. The molecule has 0 aliphatic carbocycles. The Morgan fingerprint density at radius 1 is 1.17 bits per heavy atom. The Bertz CT molecular complexity index is 849. The molecule has 1 atom stereocenters. The van der Waals surface area contributed by atoms with E-state index in [4.69, 9.17) is 14.4 Å². The van der Waals surface area contributed by atoms with Crippen LogP contribution in [-0.2, 0) is 0 Å². The number of aromatic nitrogens is 1. The van der Waals surface area contributed by atoms with Gasteiger partial charge in [0.2, 0.25) is 5.89 Å². The fraction of sp³-hybridized carbons (Fsp3) is 0.158. The Labute approximate surface area is 139 Å². The van der Waals surface area contributed by atoms with E-state index >= 15 is 0 Å². The van der Waals surface area contributed by atoms with Crippen LogP contribution in [0.4, 0.5) is 0 Å². The molecule has 0 saturated carbocycles. The van der Waals surface area contributed by atoms with Crippen LogP contribution in [0, 0.1) is 18.3 Å². The molecule has 0 radical (unpaired) electrons. The van der Waals surface area contributed by atoms with E-state index in [9.17, 15) is 5.11 Å². The molecule has 0 fully saturated rings. The molecule has 0 amide bonds. The number of benzene rings is 2. The summed E-state index contributed by atoms with van der Waals surface area (Å²) in [6, 6.07) is 18.3. The second-order valence-electron chi connectivity index (χ2n) is 5.29. The molecule has 0 aliphatic heterocycles. The molecule has 120 valence electrons. The maximum atomic E-state index is 10.3. The minimum absolute atomic E-state index is 0.0491. The number of hydrogen-bond donors (Lipinski definition) is 1. The maximum Gasteiger partial charge on any atom is 0.226 e. The van der Waals surface area contributed by atoms with Crippen LogP contribution < -0.4 is 4.74 Å². The highest BCUT2D eigenvalue weighted by molar-refractivity contribution is 5.53. The molecule has 1 heterocycles. The van der Waals surface area contributed by atoms with E-state index in [0.717, 1.165) is 5.56 Å². The predicted molar refractivity (Wildman–Crippen MR) is 88.3 cm³/mol. The summed E-state index contributed by atoms with van der Waals surface area (Å²) in [5, 5.41) is 19.1. The zero-order chi connectivity index (χ0) is 16.9. The third kappa shape index (κ3) is 3.45. The van der Waals surface area contributed by atoms with Crippen molar-refractivity contribution >= 4 is 0 Å². The molecule has 0 saturated heterocycles. The highest BCUT2D eigenvalue weighted by atomic mass is 16.5. The summed E-state index contributed by atoms with van der Waals surface area (Å²) in [5.74, 6) is 1.61. The zero-order valence-corrected chi connectivity index (χ0v) is 13.1. The fourth-order valence-corrected chi connectivity index (χ4v) is 2.30. The Hall–Kier alpha value is -3.10. The molecular weight excluding hydrogens is 304 g/mol. The minimum atomic E-state index is -0.901. The fourth-order valence-electron chi connectivity index (χ4n) is 2.30. The first-order valence-corrected chi connectivity index (χ1v) is 7.51. The van der Waals surface area contributed by atoms with Gasteiger partial charge in [0.1, 0.15) is 29.9 Å². The number of hydrogen-bond acceptors (Lipinski definition) is 5. The van der Waals surface area contributed by atoms with E-state index in [0.29, 0.717) is 28.7 Å². The summed E-state index contributed by atoms with van der Waals surface area (Å²) in [6.45, 7) is 1.81.